The molecule has 1 aliphatic rings. The number of amides is 1. The van der Waals surface area contributed by atoms with Crippen LogP contribution in [0.2, 0.25) is 0 Å². The van der Waals surface area contributed by atoms with Gasteiger partial charge in [0.2, 0.25) is 0 Å². The van der Waals surface area contributed by atoms with Crippen LogP contribution in [0.1, 0.15) is 57.3 Å². The standard InChI is InChI=1S/C26H38N6O2.CH4/c1-4-20(2)32(15-16-33)24-18-25(29-19-23(24)27-3)30-22-10-7-9-21(17-22)26(34)28-11-8-14-31-12-5-6-13-31;/h7,9-10,16-20,27H,4-6,8,11-15H2,1-3H3,(H,28,34)(H,29,30);1H4. The van der Waals surface area contributed by atoms with Gasteiger partial charge in [0.15, 0.2) is 0 Å². The van der Waals surface area contributed by atoms with Gasteiger partial charge >= 0.3 is 0 Å². The Morgan fingerprint density at radius 1 is 1.26 bits per heavy atom. The molecule has 1 unspecified atom stereocenters. The van der Waals surface area contributed by atoms with Crippen LogP contribution in [0.15, 0.2) is 36.5 Å². The summed E-state index contributed by atoms with van der Waals surface area (Å²) in [6.07, 6.45) is 7.12. The van der Waals surface area contributed by atoms with Gasteiger partial charge in [-0.05, 0) is 70.4 Å². The zero-order chi connectivity index (χ0) is 24.3. The number of anilines is 4. The van der Waals surface area contributed by atoms with Crippen molar-refractivity contribution in [3.05, 3.63) is 42.1 Å². The molecule has 1 fully saturated rings. The lowest BCUT2D eigenvalue weighted by atomic mass is 10.1. The van der Waals surface area contributed by atoms with Crippen molar-refractivity contribution >= 4 is 35.1 Å². The van der Waals surface area contributed by atoms with E-state index in [9.17, 15) is 9.59 Å². The van der Waals surface area contributed by atoms with Gasteiger partial charge in [-0.15, -0.1) is 0 Å². The van der Waals surface area contributed by atoms with Crippen LogP contribution in [-0.2, 0) is 4.79 Å². The minimum atomic E-state index is -0.0711. The molecule has 1 aromatic carbocycles. The fourth-order valence-electron chi connectivity index (χ4n) is 4.26. The molecule has 192 valence electrons. The average molecular weight is 483 g/mol. The molecule has 1 saturated heterocycles. The molecule has 3 rings (SSSR count). The first-order valence-electron chi connectivity index (χ1n) is 12.3. The van der Waals surface area contributed by atoms with E-state index in [1.165, 1.54) is 25.9 Å². The number of likely N-dealkylation sites (tertiary alicyclic amines) is 1. The molecule has 0 spiro atoms. The van der Waals surface area contributed by atoms with E-state index < -0.39 is 0 Å². The predicted molar refractivity (Wildman–Crippen MR) is 146 cm³/mol. The van der Waals surface area contributed by atoms with Gasteiger partial charge in [-0.25, -0.2) is 4.98 Å². The topological polar surface area (TPSA) is 89.6 Å². The number of carbonyl (C=O) groups is 2. The van der Waals surface area contributed by atoms with E-state index in [0.717, 1.165) is 42.7 Å². The summed E-state index contributed by atoms with van der Waals surface area (Å²) in [7, 11) is 1.84. The quantitative estimate of drug-likeness (QED) is 0.286. The highest BCUT2D eigenvalue weighted by atomic mass is 16.1. The molecule has 0 aliphatic carbocycles. The van der Waals surface area contributed by atoms with Crippen molar-refractivity contribution in [1.29, 1.82) is 0 Å². The third-order valence-electron chi connectivity index (χ3n) is 6.39. The molecule has 2 aromatic rings. The number of nitrogens with zero attached hydrogens (tertiary/aromatic N) is 3. The SMILES string of the molecule is C.CCC(C)N(CC=O)c1cc(Nc2cccc(C(=O)NCCCN3CCCC3)c2)ncc1NC. The summed E-state index contributed by atoms with van der Waals surface area (Å²) in [6, 6.07) is 9.56. The maximum Gasteiger partial charge on any atom is 0.251 e. The van der Waals surface area contributed by atoms with Crippen LogP contribution in [0.3, 0.4) is 0 Å². The summed E-state index contributed by atoms with van der Waals surface area (Å²) in [5.74, 6) is 0.578. The van der Waals surface area contributed by atoms with Crippen molar-refractivity contribution in [2.75, 3.05) is 55.3 Å². The van der Waals surface area contributed by atoms with Gasteiger partial charge in [-0.1, -0.05) is 20.4 Å². The van der Waals surface area contributed by atoms with E-state index in [-0.39, 0.29) is 19.4 Å². The normalized spacial score (nSPS) is 14.0. The minimum absolute atomic E-state index is 0. The first-order valence-corrected chi connectivity index (χ1v) is 12.3. The van der Waals surface area contributed by atoms with Crippen LogP contribution >= 0.6 is 0 Å². The van der Waals surface area contributed by atoms with E-state index in [1.54, 1.807) is 6.20 Å². The molecule has 3 N–H and O–H groups in total. The number of aromatic nitrogens is 1. The summed E-state index contributed by atoms with van der Waals surface area (Å²) < 4.78 is 0. The van der Waals surface area contributed by atoms with Gasteiger partial charge in [0.1, 0.15) is 12.1 Å². The third-order valence-corrected chi connectivity index (χ3v) is 6.39. The minimum Gasteiger partial charge on any atom is -0.385 e. The van der Waals surface area contributed by atoms with Crippen molar-refractivity contribution in [3.63, 3.8) is 0 Å². The van der Waals surface area contributed by atoms with Crippen LogP contribution in [0, 0.1) is 0 Å². The Kier molecular flexibility index (Phi) is 11.5. The molecule has 1 aliphatic heterocycles. The van der Waals surface area contributed by atoms with E-state index in [4.69, 9.17) is 0 Å². The number of nitrogens with one attached hydrogen (secondary N) is 3. The second kappa shape index (κ2) is 14.3. The average Bonchev–Trinajstić information content (AvgIpc) is 3.38. The number of carbonyl (C=O) groups excluding carboxylic acids is 2. The largest absolute Gasteiger partial charge is 0.385 e. The second-order valence-electron chi connectivity index (χ2n) is 8.78. The Hall–Kier alpha value is -3.13. The lowest BCUT2D eigenvalue weighted by Gasteiger charge is -2.30. The molecular weight excluding hydrogens is 440 g/mol. The molecule has 1 aromatic heterocycles. The first kappa shape index (κ1) is 28.1. The van der Waals surface area contributed by atoms with Crippen molar-refractivity contribution in [2.24, 2.45) is 0 Å². The second-order valence-corrected chi connectivity index (χ2v) is 8.78. The molecule has 0 saturated carbocycles. The van der Waals surface area contributed by atoms with Crippen molar-refractivity contribution in [1.82, 2.24) is 15.2 Å². The fourth-order valence-corrected chi connectivity index (χ4v) is 4.26. The lowest BCUT2D eigenvalue weighted by molar-refractivity contribution is -0.106. The number of aldehydes is 1. The molecule has 0 bridgehead atoms. The van der Waals surface area contributed by atoms with Crippen molar-refractivity contribution in [2.45, 2.75) is 53.0 Å². The number of rotatable bonds is 13. The van der Waals surface area contributed by atoms with Gasteiger partial charge in [0.25, 0.3) is 5.91 Å². The molecule has 2 heterocycles. The van der Waals surface area contributed by atoms with Crippen LogP contribution < -0.4 is 20.9 Å². The third kappa shape index (κ3) is 7.96. The monoisotopic (exact) mass is 482 g/mol. The summed E-state index contributed by atoms with van der Waals surface area (Å²) in [5.41, 5.74) is 3.16. The maximum atomic E-state index is 12.6. The van der Waals surface area contributed by atoms with E-state index in [0.29, 0.717) is 24.5 Å². The fraction of sp³-hybridized carbons (Fsp3) is 0.519. The number of benzene rings is 1. The molecule has 35 heavy (non-hydrogen) atoms. The zero-order valence-electron chi connectivity index (χ0n) is 20.6. The van der Waals surface area contributed by atoms with Crippen molar-refractivity contribution in [3.8, 4) is 0 Å². The zero-order valence-corrected chi connectivity index (χ0v) is 20.6. The Morgan fingerprint density at radius 3 is 2.71 bits per heavy atom. The number of hydrogen-bond donors (Lipinski definition) is 3. The molecule has 1 atom stereocenters. The highest BCUT2D eigenvalue weighted by molar-refractivity contribution is 5.95. The molecule has 0 radical (unpaired) electrons. The predicted octanol–water partition coefficient (Wildman–Crippen LogP) is 4.52. The number of pyridine rings is 1. The Bertz CT molecular complexity index is 945. The molecule has 8 heteroatoms. The Balaban J connectivity index is 0.00000432. The molecular formula is C27H42N6O2. The number of hydrogen-bond acceptors (Lipinski definition) is 7. The van der Waals surface area contributed by atoms with Crippen LogP contribution in [0.25, 0.3) is 0 Å². The summed E-state index contributed by atoms with van der Waals surface area (Å²) >= 11 is 0. The lowest BCUT2D eigenvalue weighted by Crippen LogP contribution is -2.34. The summed E-state index contributed by atoms with van der Waals surface area (Å²) in [4.78, 5) is 33.0. The smallest absolute Gasteiger partial charge is 0.251 e. The highest BCUT2D eigenvalue weighted by Crippen LogP contribution is 2.30. The molecule has 8 nitrogen and oxygen atoms in total. The van der Waals surface area contributed by atoms with Crippen LogP contribution in [-0.4, -0.2) is 67.9 Å². The first-order chi connectivity index (χ1) is 16.5. The molecule has 1 amide bonds. The van der Waals surface area contributed by atoms with Crippen molar-refractivity contribution < 1.29 is 9.59 Å². The summed E-state index contributed by atoms with van der Waals surface area (Å²) in [5, 5.41) is 9.50. The van der Waals surface area contributed by atoms with Gasteiger partial charge < -0.3 is 30.5 Å². The van der Waals surface area contributed by atoms with Gasteiger partial charge in [-0.2, -0.15) is 0 Å². The van der Waals surface area contributed by atoms with Gasteiger partial charge in [0, 0.05) is 37.0 Å². The van der Waals surface area contributed by atoms with Gasteiger partial charge in [-0.3, -0.25) is 4.79 Å². The highest BCUT2D eigenvalue weighted by Gasteiger charge is 2.17. The maximum absolute atomic E-state index is 12.6. The van der Waals surface area contributed by atoms with Crippen LogP contribution in [0.5, 0.6) is 0 Å². The van der Waals surface area contributed by atoms with Gasteiger partial charge in [0.05, 0.1) is 24.1 Å². The van der Waals surface area contributed by atoms with E-state index >= 15 is 0 Å². The van der Waals surface area contributed by atoms with E-state index in [1.807, 2.05) is 37.4 Å². The Labute approximate surface area is 210 Å². The van der Waals surface area contributed by atoms with Crippen LogP contribution in [0.4, 0.5) is 22.9 Å². The van der Waals surface area contributed by atoms with E-state index in [2.05, 4.69) is 44.6 Å². The summed E-state index contributed by atoms with van der Waals surface area (Å²) in [6.45, 7) is 8.57. The Morgan fingerprint density at radius 2 is 2.03 bits per heavy atom.